The summed E-state index contributed by atoms with van der Waals surface area (Å²) in [5.41, 5.74) is 2.25. The van der Waals surface area contributed by atoms with Gasteiger partial charge >= 0.3 is 0 Å². The quantitative estimate of drug-likeness (QED) is 0.853. The third kappa shape index (κ3) is 2.29. The van der Waals surface area contributed by atoms with Gasteiger partial charge in [0.05, 0.1) is 5.69 Å². The van der Waals surface area contributed by atoms with E-state index in [1.54, 1.807) is 0 Å². The summed E-state index contributed by atoms with van der Waals surface area (Å²) < 4.78 is 5.21. The molecule has 3 heteroatoms. The van der Waals surface area contributed by atoms with E-state index in [0.29, 0.717) is 12.1 Å². The Hall–Kier alpha value is -0.830. The van der Waals surface area contributed by atoms with Crippen LogP contribution >= 0.6 is 0 Å². The molecule has 1 aliphatic rings. The Labute approximate surface area is 97.6 Å². The van der Waals surface area contributed by atoms with Gasteiger partial charge in [-0.1, -0.05) is 12.1 Å². The van der Waals surface area contributed by atoms with Crippen molar-refractivity contribution in [3.8, 4) is 0 Å². The third-order valence-electron chi connectivity index (χ3n) is 3.70. The minimum atomic E-state index is 0.349. The minimum absolute atomic E-state index is 0.349. The number of nitrogens with one attached hydrogen (secondary N) is 1. The summed E-state index contributed by atoms with van der Waals surface area (Å²) in [6, 6.07) is 1.01. The summed E-state index contributed by atoms with van der Waals surface area (Å²) >= 11 is 0. The van der Waals surface area contributed by atoms with Crippen LogP contribution in [0.2, 0.25) is 0 Å². The van der Waals surface area contributed by atoms with Crippen LogP contribution in [0.3, 0.4) is 0 Å². The molecule has 0 aromatic carbocycles. The van der Waals surface area contributed by atoms with Gasteiger partial charge in [0, 0.05) is 17.6 Å². The number of nitrogens with zero attached hydrogens (tertiary/aromatic N) is 1. The lowest BCUT2D eigenvalue weighted by atomic mass is 10.1. The Bertz CT molecular complexity index is 339. The standard InChI is InChI=1S/C13H22N2O/c1-8-5-6-12(7-8)14-9(2)13-10(3)15-16-11(13)4/h8-9,12,14H,5-7H2,1-4H3. The predicted octanol–water partition coefficient (Wildman–Crippen LogP) is 3.13. The molecule has 1 aromatic heterocycles. The zero-order valence-corrected chi connectivity index (χ0v) is 10.7. The van der Waals surface area contributed by atoms with E-state index in [4.69, 9.17) is 4.52 Å². The van der Waals surface area contributed by atoms with Crippen molar-refractivity contribution < 1.29 is 4.52 Å². The topological polar surface area (TPSA) is 38.1 Å². The molecular formula is C13H22N2O. The highest BCUT2D eigenvalue weighted by Crippen LogP contribution is 2.28. The van der Waals surface area contributed by atoms with Gasteiger partial charge in [-0.05, 0) is 46.0 Å². The van der Waals surface area contributed by atoms with Crippen molar-refractivity contribution in [1.82, 2.24) is 10.5 Å². The Morgan fingerprint density at radius 3 is 2.62 bits per heavy atom. The van der Waals surface area contributed by atoms with Crippen LogP contribution < -0.4 is 5.32 Å². The molecule has 1 N–H and O–H groups in total. The van der Waals surface area contributed by atoms with Gasteiger partial charge in [0.1, 0.15) is 5.76 Å². The van der Waals surface area contributed by atoms with Crippen LogP contribution in [0, 0.1) is 19.8 Å². The third-order valence-corrected chi connectivity index (χ3v) is 3.70. The van der Waals surface area contributed by atoms with Crippen LogP contribution in [0.5, 0.6) is 0 Å². The maximum atomic E-state index is 5.21. The first-order chi connectivity index (χ1) is 7.58. The smallest absolute Gasteiger partial charge is 0.138 e. The van der Waals surface area contributed by atoms with E-state index in [0.717, 1.165) is 17.4 Å². The maximum Gasteiger partial charge on any atom is 0.138 e. The van der Waals surface area contributed by atoms with Gasteiger partial charge in [-0.25, -0.2) is 0 Å². The molecule has 1 fully saturated rings. The van der Waals surface area contributed by atoms with Gasteiger partial charge in [0.25, 0.3) is 0 Å². The molecule has 16 heavy (non-hydrogen) atoms. The lowest BCUT2D eigenvalue weighted by Gasteiger charge is -2.19. The summed E-state index contributed by atoms with van der Waals surface area (Å²) in [6.45, 7) is 8.55. The number of rotatable bonds is 3. The van der Waals surface area contributed by atoms with E-state index in [1.165, 1.54) is 24.8 Å². The highest BCUT2D eigenvalue weighted by atomic mass is 16.5. The first-order valence-electron chi connectivity index (χ1n) is 6.26. The summed E-state index contributed by atoms with van der Waals surface area (Å²) in [5.74, 6) is 1.82. The van der Waals surface area contributed by atoms with Gasteiger partial charge in [-0.15, -0.1) is 0 Å². The van der Waals surface area contributed by atoms with E-state index in [-0.39, 0.29) is 0 Å². The lowest BCUT2D eigenvalue weighted by Crippen LogP contribution is -2.29. The maximum absolute atomic E-state index is 5.21. The second-order valence-corrected chi connectivity index (χ2v) is 5.24. The molecule has 1 saturated carbocycles. The largest absolute Gasteiger partial charge is 0.361 e. The second-order valence-electron chi connectivity index (χ2n) is 5.24. The van der Waals surface area contributed by atoms with Crippen LogP contribution in [0.15, 0.2) is 4.52 Å². The molecule has 90 valence electrons. The first kappa shape index (κ1) is 11.6. The molecule has 3 atom stereocenters. The Morgan fingerprint density at radius 1 is 1.38 bits per heavy atom. The molecule has 0 saturated heterocycles. The Morgan fingerprint density at radius 2 is 2.12 bits per heavy atom. The van der Waals surface area contributed by atoms with Gasteiger partial charge < -0.3 is 9.84 Å². The molecule has 1 aliphatic carbocycles. The summed E-state index contributed by atoms with van der Waals surface area (Å²) in [6.07, 6.45) is 3.95. The van der Waals surface area contributed by atoms with Gasteiger partial charge in [-0.2, -0.15) is 0 Å². The van der Waals surface area contributed by atoms with Crippen LogP contribution in [0.4, 0.5) is 0 Å². The molecule has 3 unspecified atom stereocenters. The zero-order valence-electron chi connectivity index (χ0n) is 10.7. The van der Waals surface area contributed by atoms with Gasteiger partial charge in [0.2, 0.25) is 0 Å². The van der Waals surface area contributed by atoms with Crippen molar-refractivity contribution in [3.05, 3.63) is 17.0 Å². The van der Waals surface area contributed by atoms with E-state index < -0.39 is 0 Å². The van der Waals surface area contributed by atoms with Gasteiger partial charge in [-0.3, -0.25) is 0 Å². The lowest BCUT2D eigenvalue weighted by molar-refractivity contribution is 0.388. The number of aromatic nitrogens is 1. The number of hydrogen-bond acceptors (Lipinski definition) is 3. The van der Waals surface area contributed by atoms with Crippen molar-refractivity contribution >= 4 is 0 Å². The number of hydrogen-bond donors (Lipinski definition) is 1. The first-order valence-corrected chi connectivity index (χ1v) is 6.26. The normalized spacial score (nSPS) is 27.2. The fourth-order valence-corrected chi connectivity index (χ4v) is 2.90. The average Bonchev–Trinajstić information content (AvgIpc) is 2.74. The van der Waals surface area contributed by atoms with E-state index in [1.807, 2.05) is 13.8 Å². The molecule has 0 spiro atoms. The summed E-state index contributed by atoms with van der Waals surface area (Å²) in [5, 5.41) is 7.71. The predicted molar refractivity (Wildman–Crippen MR) is 64.3 cm³/mol. The minimum Gasteiger partial charge on any atom is -0.361 e. The van der Waals surface area contributed by atoms with Crippen molar-refractivity contribution in [2.45, 2.75) is 59.0 Å². The molecule has 0 bridgehead atoms. The molecule has 2 rings (SSSR count). The molecule has 0 aliphatic heterocycles. The van der Waals surface area contributed by atoms with Crippen LogP contribution in [-0.2, 0) is 0 Å². The summed E-state index contributed by atoms with van der Waals surface area (Å²) in [7, 11) is 0. The Kier molecular flexibility index (Phi) is 3.33. The Balaban J connectivity index is 2.00. The molecule has 1 heterocycles. The van der Waals surface area contributed by atoms with Crippen molar-refractivity contribution in [1.29, 1.82) is 0 Å². The second kappa shape index (κ2) is 4.58. The van der Waals surface area contributed by atoms with Crippen LogP contribution in [0.1, 0.15) is 56.2 Å². The fourth-order valence-electron chi connectivity index (χ4n) is 2.90. The van der Waals surface area contributed by atoms with E-state index >= 15 is 0 Å². The fraction of sp³-hybridized carbons (Fsp3) is 0.769. The highest BCUT2D eigenvalue weighted by Gasteiger charge is 2.24. The van der Waals surface area contributed by atoms with E-state index in [9.17, 15) is 0 Å². The van der Waals surface area contributed by atoms with Crippen LogP contribution in [0.25, 0.3) is 0 Å². The molecule has 3 nitrogen and oxygen atoms in total. The van der Waals surface area contributed by atoms with Crippen molar-refractivity contribution in [2.24, 2.45) is 5.92 Å². The highest BCUT2D eigenvalue weighted by molar-refractivity contribution is 5.24. The van der Waals surface area contributed by atoms with E-state index in [2.05, 4.69) is 24.3 Å². The number of aryl methyl sites for hydroxylation is 2. The average molecular weight is 222 g/mol. The van der Waals surface area contributed by atoms with Crippen molar-refractivity contribution in [3.63, 3.8) is 0 Å². The monoisotopic (exact) mass is 222 g/mol. The molecule has 0 amide bonds. The SMILES string of the molecule is Cc1noc(C)c1C(C)NC1CCC(C)C1. The van der Waals surface area contributed by atoms with Gasteiger partial charge in [0.15, 0.2) is 0 Å². The molecule has 1 aromatic rings. The zero-order chi connectivity index (χ0) is 11.7. The van der Waals surface area contributed by atoms with Crippen LogP contribution in [-0.4, -0.2) is 11.2 Å². The molecule has 0 radical (unpaired) electrons. The van der Waals surface area contributed by atoms with Crippen molar-refractivity contribution in [2.75, 3.05) is 0 Å². The molecular weight excluding hydrogens is 200 g/mol. The summed E-state index contributed by atoms with van der Waals surface area (Å²) in [4.78, 5) is 0.